The largest absolute Gasteiger partial charge is 0.487 e. The average molecular weight is 638 g/mol. The number of nitriles is 1. The van der Waals surface area contributed by atoms with Crippen LogP contribution in [-0.4, -0.2) is 16.7 Å². The lowest BCUT2D eigenvalue weighted by Gasteiger charge is -2.36. The molecule has 2 aliphatic heterocycles. The van der Waals surface area contributed by atoms with Gasteiger partial charge in [0.05, 0.1) is 29.2 Å². The monoisotopic (exact) mass is 637 g/mol. The van der Waals surface area contributed by atoms with Crippen LogP contribution in [0.15, 0.2) is 127 Å². The Kier molecular flexibility index (Phi) is 6.37. The Labute approximate surface area is 287 Å². The van der Waals surface area contributed by atoms with Gasteiger partial charge >= 0.3 is 0 Å². The van der Waals surface area contributed by atoms with Gasteiger partial charge in [0.15, 0.2) is 0 Å². The minimum absolute atomic E-state index is 0.116. The quantitative estimate of drug-likeness (QED) is 0.198. The van der Waals surface area contributed by atoms with E-state index >= 15 is 0 Å². The van der Waals surface area contributed by atoms with E-state index in [-0.39, 0.29) is 23.6 Å². The van der Waals surface area contributed by atoms with Gasteiger partial charge in [0, 0.05) is 50.1 Å². The highest BCUT2D eigenvalue weighted by Crippen LogP contribution is 2.54. The molecule has 5 atom stereocenters. The SMILES string of the molecule is CC12C=CC=CC1N(c1ccccc1C1=CC=C(C#N)[C@H](n3c4ccccc4c4ccc5c(c43)OC3CCCCCC53)C1)c1ccccc12. The second-order valence-electron chi connectivity index (χ2n) is 14.7. The first-order chi connectivity index (χ1) is 24.2. The number of benzene rings is 4. The number of anilines is 2. The number of fused-ring (bicyclic) bond motifs is 10. The summed E-state index contributed by atoms with van der Waals surface area (Å²) in [6.07, 6.45) is 20.4. The van der Waals surface area contributed by atoms with Crippen molar-refractivity contribution in [1.29, 1.82) is 5.26 Å². The molecule has 3 aliphatic carbocycles. The van der Waals surface area contributed by atoms with Crippen molar-refractivity contribution in [1.82, 2.24) is 4.57 Å². The van der Waals surface area contributed by atoms with Crippen molar-refractivity contribution in [3.8, 4) is 11.8 Å². The molecule has 0 spiro atoms. The highest BCUT2D eigenvalue weighted by molar-refractivity contribution is 6.11. The van der Waals surface area contributed by atoms with Crippen LogP contribution in [0.3, 0.4) is 0 Å². The summed E-state index contributed by atoms with van der Waals surface area (Å²) in [4.78, 5) is 2.54. The molecule has 10 rings (SSSR count). The van der Waals surface area contributed by atoms with Gasteiger partial charge in [-0.3, -0.25) is 0 Å². The Morgan fingerprint density at radius 1 is 0.816 bits per heavy atom. The maximum Gasteiger partial charge on any atom is 0.147 e. The fourth-order valence-electron chi connectivity index (χ4n) is 9.82. The molecule has 1 fully saturated rings. The van der Waals surface area contributed by atoms with Crippen molar-refractivity contribution >= 4 is 38.8 Å². The number of allylic oxidation sites excluding steroid dienone is 6. The van der Waals surface area contributed by atoms with E-state index in [0.29, 0.717) is 12.3 Å². The van der Waals surface area contributed by atoms with E-state index in [1.807, 2.05) is 0 Å². The summed E-state index contributed by atoms with van der Waals surface area (Å²) in [7, 11) is 0. The Hall–Kier alpha value is -5.27. The van der Waals surface area contributed by atoms with Crippen LogP contribution in [0.25, 0.3) is 27.4 Å². The molecule has 0 saturated heterocycles. The molecule has 3 heterocycles. The van der Waals surface area contributed by atoms with Crippen LogP contribution in [0.2, 0.25) is 0 Å². The Balaban J connectivity index is 1.13. The third kappa shape index (κ3) is 4.09. The molecular formula is C45H39N3O. The zero-order chi connectivity index (χ0) is 32.7. The number of aromatic nitrogens is 1. The summed E-state index contributed by atoms with van der Waals surface area (Å²) in [6.45, 7) is 2.36. The lowest BCUT2D eigenvalue weighted by atomic mass is 9.76. The summed E-state index contributed by atoms with van der Waals surface area (Å²) in [5.74, 6) is 1.50. The number of rotatable bonds is 3. The highest BCUT2D eigenvalue weighted by atomic mass is 16.5. The van der Waals surface area contributed by atoms with Gasteiger partial charge in [-0.15, -0.1) is 0 Å². The van der Waals surface area contributed by atoms with Crippen LogP contribution in [0, 0.1) is 11.3 Å². The maximum absolute atomic E-state index is 10.6. The summed E-state index contributed by atoms with van der Waals surface area (Å²) >= 11 is 0. The molecule has 0 amide bonds. The zero-order valence-corrected chi connectivity index (χ0v) is 27.8. The van der Waals surface area contributed by atoms with Gasteiger partial charge in [0.25, 0.3) is 0 Å². The second-order valence-corrected chi connectivity index (χ2v) is 14.7. The van der Waals surface area contributed by atoms with Gasteiger partial charge in [-0.2, -0.15) is 5.26 Å². The molecule has 4 nitrogen and oxygen atoms in total. The Morgan fingerprint density at radius 2 is 1.63 bits per heavy atom. The number of hydrogen-bond acceptors (Lipinski definition) is 3. The van der Waals surface area contributed by atoms with Crippen LogP contribution in [0.5, 0.6) is 5.75 Å². The molecule has 0 N–H and O–H groups in total. The molecule has 5 aromatic rings. The average Bonchev–Trinajstić information content (AvgIpc) is 3.69. The minimum Gasteiger partial charge on any atom is -0.487 e. The van der Waals surface area contributed by atoms with E-state index in [2.05, 4.69) is 144 Å². The van der Waals surface area contributed by atoms with Crippen molar-refractivity contribution in [2.24, 2.45) is 0 Å². The van der Waals surface area contributed by atoms with Crippen LogP contribution in [0.1, 0.15) is 74.1 Å². The molecule has 240 valence electrons. The van der Waals surface area contributed by atoms with Crippen LogP contribution < -0.4 is 9.64 Å². The maximum atomic E-state index is 10.6. The summed E-state index contributed by atoms with van der Waals surface area (Å²) in [5, 5.41) is 13.1. The second kappa shape index (κ2) is 10.9. The fourth-order valence-corrected chi connectivity index (χ4v) is 9.82. The molecule has 0 radical (unpaired) electrons. The summed E-state index contributed by atoms with van der Waals surface area (Å²) in [5.41, 5.74) is 10.6. The third-order valence-corrected chi connectivity index (χ3v) is 12.1. The first-order valence-electron chi connectivity index (χ1n) is 18.0. The summed E-state index contributed by atoms with van der Waals surface area (Å²) in [6, 6.07) is 33.7. The number of hydrogen-bond donors (Lipinski definition) is 0. The predicted octanol–water partition coefficient (Wildman–Crippen LogP) is 11.0. The zero-order valence-electron chi connectivity index (χ0n) is 27.8. The third-order valence-electron chi connectivity index (χ3n) is 12.1. The van der Waals surface area contributed by atoms with Crippen molar-refractivity contribution in [3.05, 3.63) is 144 Å². The first-order valence-corrected chi connectivity index (χ1v) is 18.0. The highest BCUT2D eigenvalue weighted by Gasteiger charge is 2.47. The van der Waals surface area contributed by atoms with E-state index < -0.39 is 0 Å². The number of nitrogens with zero attached hydrogens (tertiary/aromatic N) is 3. The van der Waals surface area contributed by atoms with Crippen molar-refractivity contribution in [3.63, 3.8) is 0 Å². The predicted molar refractivity (Wildman–Crippen MR) is 199 cm³/mol. The van der Waals surface area contributed by atoms with Crippen molar-refractivity contribution in [2.45, 2.75) is 75.0 Å². The van der Waals surface area contributed by atoms with E-state index in [9.17, 15) is 5.26 Å². The van der Waals surface area contributed by atoms with Crippen LogP contribution in [0.4, 0.5) is 11.4 Å². The minimum atomic E-state index is -0.158. The lowest BCUT2D eigenvalue weighted by molar-refractivity contribution is 0.197. The molecule has 49 heavy (non-hydrogen) atoms. The van der Waals surface area contributed by atoms with E-state index in [1.165, 1.54) is 70.1 Å². The van der Waals surface area contributed by atoms with Gasteiger partial charge in [-0.25, -0.2) is 0 Å². The van der Waals surface area contributed by atoms with Gasteiger partial charge in [-0.1, -0.05) is 110 Å². The normalized spacial score (nSPS) is 26.7. The first kappa shape index (κ1) is 28.7. The lowest BCUT2D eigenvalue weighted by Crippen LogP contribution is -2.39. The van der Waals surface area contributed by atoms with Crippen molar-refractivity contribution in [2.75, 3.05) is 4.90 Å². The van der Waals surface area contributed by atoms with E-state index in [4.69, 9.17) is 4.74 Å². The number of para-hydroxylation sites is 3. The molecule has 5 aliphatic rings. The van der Waals surface area contributed by atoms with Crippen LogP contribution in [-0.2, 0) is 5.41 Å². The Morgan fingerprint density at radius 3 is 2.55 bits per heavy atom. The topological polar surface area (TPSA) is 41.2 Å². The van der Waals surface area contributed by atoms with E-state index in [0.717, 1.165) is 28.8 Å². The fraction of sp³-hybridized carbons (Fsp3) is 0.267. The molecule has 0 bridgehead atoms. The standard InChI is InChI=1S/C45H39N3O/c1-45-26-12-11-21-42(45)47(39-19-10-7-16-36(39)45)37-17-8-5-13-31(37)29-22-23-30(28-46)40(27-29)48-38-18-9-6-14-32(38)34-24-25-35-33-15-3-2-4-20-41(33)49-44(35)43(34)48/h5-14,16-19,21-26,33,40-42H,2-4,15,20,27H2,1H3/t33?,40-,41?,42?,45?/m1/s1. The molecule has 4 aromatic carbocycles. The smallest absolute Gasteiger partial charge is 0.147 e. The van der Waals surface area contributed by atoms with Crippen LogP contribution >= 0.6 is 0 Å². The molecule has 4 unspecified atom stereocenters. The summed E-state index contributed by atoms with van der Waals surface area (Å²) < 4.78 is 9.42. The molecular weight excluding hydrogens is 599 g/mol. The Bertz CT molecular complexity index is 2350. The molecule has 1 aromatic heterocycles. The van der Waals surface area contributed by atoms with Crippen molar-refractivity contribution < 1.29 is 4.74 Å². The van der Waals surface area contributed by atoms with Gasteiger partial charge < -0.3 is 14.2 Å². The molecule has 1 saturated carbocycles. The van der Waals surface area contributed by atoms with E-state index in [1.54, 1.807) is 0 Å². The molecule has 4 heteroatoms. The van der Waals surface area contributed by atoms with Gasteiger partial charge in [0.2, 0.25) is 0 Å². The number of ether oxygens (including phenoxy) is 1. The van der Waals surface area contributed by atoms with Gasteiger partial charge in [0.1, 0.15) is 11.9 Å². The van der Waals surface area contributed by atoms with Gasteiger partial charge in [-0.05, 0) is 68.0 Å².